The number of sulfone groups is 1. The summed E-state index contributed by atoms with van der Waals surface area (Å²) in [6.07, 6.45) is 3.55. The highest BCUT2D eigenvalue weighted by Crippen LogP contribution is 2.29. The van der Waals surface area contributed by atoms with Gasteiger partial charge in [-0.2, -0.15) is 0 Å². The van der Waals surface area contributed by atoms with Gasteiger partial charge in [0, 0.05) is 17.8 Å². The van der Waals surface area contributed by atoms with Gasteiger partial charge in [-0.1, -0.05) is 52.8 Å². The van der Waals surface area contributed by atoms with Crippen molar-refractivity contribution in [3.8, 4) is 11.5 Å². The second-order valence-electron chi connectivity index (χ2n) is 8.48. The number of nitrogens with zero attached hydrogens (tertiary/aromatic N) is 1. The predicted octanol–water partition coefficient (Wildman–Crippen LogP) is 7.31. The lowest BCUT2D eigenvalue weighted by atomic mass is 9.99. The molecule has 0 heterocycles. The van der Waals surface area contributed by atoms with Crippen molar-refractivity contribution in [2.45, 2.75) is 76.9 Å². The van der Waals surface area contributed by atoms with Gasteiger partial charge >= 0.3 is 0 Å². The van der Waals surface area contributed by atoms with Crippen LogP contribution in [0.5, 0.6) is 11.5 Å². The van der Waals surface area contributed by atoms with Crippen LogP contribution in [0.2, 0.25) is 0 Å². The molecule has 2 unspecified atom stereocenters. The molecule has 0 aliphatic heterocycles. The third-order valence-electron chi connectivity index (χ3n) is 5.98. The van der Waals surface area contributed by atoms with Crippen molar-refractivity contribution < 1.29 is 17.9 Å². The molecule has 0 radical (unpaired) electrons. The highest BCUT2D eigenvalue weighted by Gasteiger charge is 2.31. The van der Waals surface area contributed by atoms with Gasteiger partial charge in [0.2, 0.25) is 0 Å². The molecule has 5 nitrogen and oxygen atoms in total. The van der Waals surface area contributed by atoms with Crippen LogP contribution in [0.15, 0.2) is 70.7 Å². The van der Waals surface area contributed by atoms with E-state index in [0.717, 1.165) is 42.0 Å². The van der Waals surface area contributed by atoms with Crippen molar-refractivity contribution in [1.29, 1.82) is 0 Å². The molecule has 2 rings (SSSR count). The van der Waals surface area contributed by atoms with Crippen LogP contribution in [-0.2, 0) is 16.3 Å². The minimum Gasteiger partial charge on any atom is -0.497 e. The van der Waals surface area contributed by atoms with Gasteiger partial charge in [-0.15, -0.1) is 0 Å². The summed E-state index contributed by atoms with van der Waals surface area (Å²) in [6.45, 7) is 14.1. The summed E-state index contributed by atoms with van der Waals surface area (Å²) >= 11 is 0. The maximum absolute atomic E-state index is 13.3. The van der Waals surface area contributed by atoms with Gasteiger partial charge in [0.1, 0.15) is 11.5 Å². The lowest BCUT2D eigenvalue weighted by Gasteiger charge is -2.23. The molecule has 6 heteroatoms. The summed E-state index contributed by atoms with van der Waals surface area (Å²) < 4.78 is 37.1. The van der Waals surface area contributed by atoms with E-state index in [1.54, 1.807) is 38.5 Å². The Balaban J connectivity index is 0.00000298. The summed E-state index contributed by atoms with van der Waals surface area (Å²) in [7, 11) is -0.210. The van der Waals surface area contributed by atoms with Crippen LogP contribution < -0.4 is 9.47 Å². The van der Waals surface area contributed by atoms with Crippen LogP contribution in [0.1, 0.15) is 65.9 Å². The van der Waals surface area contributed by atoms with Gasteiger partial charge in [-0.05, 0) is 74.1 Å². The molecule has 2 aromatic carbocycles. The third-order valence-corrected chi connectivity index (χ3v) is 8.41. The van der Waals surface area contributed by atoms with Crippen LogP contribution >= 0.6 is 0 Å². The van der Waals surface area contributed by atoms with Gasteiger partial charge in [0.25, 0.3) is 0 Å². The number of hydrogen-bond donors (Lipinski definition) is 0. The lowest BCUT2D eigenvalue weighted by Crippen LogP contribution is -2.28. The second-order valence-corrected chi connectivity index (χ2v) is 10.6. The average Bonchev–Trinajstić information content (AvgIpc) is 2.87. The van der Waals surface area contributed by atoms with Crippen molar-refractivity contribution in [3.63, 3.8) is 0 Å². The molecule has 0 amide bonds. The molecule has 0 bridgehead atoms. The molecular weight excluding hydrogens is 458 g/mol. The van der Waals surface area contributed by atoms with Crippen molar-refractivity contribution in [2.75, 3.05) is 14.2 Å². The van der Waals surface area contributed by atoms with Crippen molar-refractivity contribution >= 4 is 15.5 Å². The van der Waals surface area contributed by atoms with Gasteiger partial charge in [-0.25, -0.2) is 8.42 Å². The molecule has 2 aromatic rings. The number of benzene rings is 2. The molecule has 35 heavy (non-hydrogen) atoms. The van der Waals surface area contributed by atoms with E-state index in [-0.39, 0.29) is 5.92 Å². The normalized spacial score (nSPS) is 13.3. The smallest absolute Gasteiger partial charge is 0.181 e. The summed E-state index contributed by atoms with van der Waals surface area (Å²) in [5, 5.41) is -0.427. The summed E-state index contributed by atoms with van der Waals surface area (Å²) in [6, 6.07) is 14.6. The fourth-order valence-electron chi connectivity index (χ4n) is 3.89. The lowest BCUT2D eigenvalue weighted by molar-refractivity contribution is 0.414. The SMILES string of the molecule is C=C(Cc1cccc(OC)c1)N=C(C)CCCC(C(C)CC)S(=O)(=O)c1ccc(OC)cc1.CC. The summed E-state index contributed by atoms with van der Waals surface area (Å²) in [4.78, 5) is 5.00. The zero-order chi connectivity index (χ0) is 26.4. The molecule has 0 N–H and O–H groups in total. The first-order valence-corrected chi connectivity index (χ1v) is 14.0. The maximum Gasteiger partial charge on any atom is 0.181 e. The van der Waals surface area contributed by atoms with Crippen LogP contribution in [-0.4, -0.2) is 33.6 Å². The maximum atomic E-state index is 13.3. The first-order chi connectivity index (χ1) is 16.7. The zero-order valence-corrected chi connectivity index (χ0v) is 23.3. The Bertz CT molecular complexity index is 1040. The number of allylic oxidation sites excluding steroid dienone is 1. The quantitative estimate of drug-likeness (QED) is 0.270. The van der Waals surface area contributed by atoms with E-state index in [2.05, 4.69) is 11.6 Å². The topological polar surface area (TPSA) is 65.0 Å². The van der Waals surface area contributed by atoms with Crippen LogP contribution in [0.25, 0.3) is 0 Å². The second kappa shape index (κ2) is 15.4. The predicted molar refractivity (Wildman–Crippen MR) is 148 cm³/mol. The van der Waals surface area contributed by atoms with E-state index >= 15 is 0 Å². The van der Waals surface area contributed by atoms with E-state index in [0.29, 0.717) is 23.5 Å². The minimum atomic E-state index is -3.43. The van der Waals surface area contributed by atoms with E-state index in [4.69, 9.17) is 9.47 Å². The van der Waals surface area contributed by atoms with Gasteiger partial charge in [-0.3, -0.25) is 4.99 Å². The number of aliphatic imine (C=N–C) groups is 1. The van der Waals surface area contributed by atoms with Gasteiger partial charge in [0.05, 0.1) is 24.4 Å². The Hall–Kier alpha value is -2.60. The summed E-state index contributed by atoms with van der Waals surface area (Å²) in [5.41, 5.74) is 2.84. The average molecular weight is 502 g/mol. The molecule has 0 spiro atoms. The Kier molecular flexibility index (Phi) is 13.4. The first-order valence-electron chi connectivity index (χ1n) is 12.4. The molecule has 2 atom stereocenters. The minimum absolute atomic E-state index is 0.0670. The largest absolute Gasteiger partial charge is 0.497 e. The standard InChI is InChI=1S/C27H37NO4S.C2H6/c1-7-20(2)27(33(29,30)26-16-14-24(31-5)15-17-26)13-8-10-21(3)28-22(4)18-23-11-9-12-25(19-23)32-6;1-2/h9,11-12,14-17,19-20,27H,4,7-8,10,13,18H2,1-3,5-6H3;1-2H3. The Morgan fingerprint density at radius 2 is 1.66 bits per heavy atom. The van der Waals surface area contributed by atoms with Crippen molar-refractivity contribution in [1.82, 2.24) is 0 Å². The van der Waals surface area contributed by atoms with Crippen molar-refractivity contribution in [3.05, 3.63) is 66.4 Å². The fraction of sp³-hybridized carbons (Fsp3) is 0.483. The molecule has 0 saturated carbocycles. The molecule has 0 aliphatic carbocycles. The molecule has 0 fully saturated rings. The van der Waals surface area contributed by atoms with Crippen LogP contribution in [0.3, 0.4) is 0 Å². The number of hydrogen-bond acceptors (Lipinski definition) is 5. The number of rotatable bonds is 13. The fourth-order valence-corrected chi connectivity index (χ4v) is 6.04. The first kappa shape index (κ1) is 30.4. The molecule has 0 saturated heterocycles. The molecular formula is C29H43NO4S. The molecule has 0 aliphatic rings. The highest BCUT2D eigenvalue weighted by molar-refractivity contribution is 7.92. The number of ether oxygens (including phenoxy) is 2. The molecule has 194 valence electrons. The van der Waals surface area contributed by atoms with E-state index in [9.17, 15) is 8.42 Å². The van der Waals surface area contributed by atoms with E-state index in [1.165, 1.54) is 0 Å². The monoisotopic (exact) mass is 501 g/mol. The van der Waals surface area contributed by atoms with E-state index < -0.39 is 15.1 Å². The van der Waals surface area contributed by atoms with Crippen LogP contribution in [0.4, 0.5) is 0 Å². The number of methoxy groups -OCH3 is 2. The molecule has 0 aromatic heterocycles. The van der Waals surface area contributed by atoms with Gasteiger partial charge in [0.15, 0.2) is 9.84 Å². The van der Waals surface area contributed by atoms with Gasteiger partial charge < -0.3 is 9.47 Å². The Labute approximate surface area is 213 Å². The Morgan fingerprint density at radius 1 is 1.03 bits per heavy atom. The van der Waals surface area contributed by atoms with E-state index in [1.807, 2.05) is 58.9 Å². The zero-order valence-electron chi connectivity index (χ0n) is 22.5. The van der Waals surface area contributed by atoms with Crippen LogP contribution in [0, 0.1) is 5.92 Å². The highest BCUT2D eigenvalue weighted by atomic mass is 32.2. The third kappa shape index (κ3) is 9.52. The Morgan fingerprint density at radius 3 is 2.23 bits per heavy atom. The summed E-state index contributed by atoms with van der Waals surface area (Å²) in [5.74, 6) is 1.53. The van der Waals surface area contributed by atoms with Crippen molar-refractivity contribution in [2.24, 2.45) is 10.9 Å².